The number of hydrogen-bond acceptors (Lipinski definition) is 3. The quantitative estimate of drug-likeness (QED) is 0.516. The molecular formula is C22H18FN3OS. The summed E-state index contributed by atoms with van der Waals surface area (Å²) in [5.74, 6) is -0.396. The second-order valence-corrected chi connectivity index (χ2v) is 7.19. The topological polar surface area (TPSA) is 46.9 Å². The highest BCUT2D eigenvalue weighted by molar-refractivity contribution is 7.13. The van der Waals surface area contributed by atoms with Crippen molar-refractivity contribution in [3.63, 3.8) is 0 Å². The Hall–Kier alpha value is -3.25. The molecule has 2 aromatic heterocycles. The highest BCUT2D eigenvalue weighted by Crippen LogP contribution is 2.29. The lowest BCUT2D eigenvalue weighted by atomic mass is 10.2. The van der Waals surface area contributed by atoms with E-state index in [2.05, 4.69) is 5.32 Å². The minimum atomic E-state index is -0.287. The number of nitrogens with one attached hydrogen (secondary N) is 1. The van der Waals surface area contributed by atoms with Gasteiger partial charge in [-0.2, -0.15) is 0 Å². The zero-order valence-corrected chi connectivity index (χ0v) is 15.8. The summed E-state index contributed by atoms with van der Waals surface area (Å²) in [6.45, 7) is 0.564. The smallest absolute Gasteiger partial charge is 0.240 e. The van der Waals surface area contributed by atoms with Gasteiger partial charge in [-0.1, -0.05) is 42.5 Å². The van der Waals surface area contributed by atoms with Crippen LogP contribution in [0.5, 0.6) is 0 Å². The third-order valence-electron chi connectivity index (χ3n) is 4.34. The fourth-order valence-electron chi connectivity index (χ4n) is 2.89. The van der Waals surface area contributed by atoms with Gasteiger partial charge in [0.05, 0.1) is 11.4 Å². The summed E-state index contributed by atoms with van der Waals surface area (Å²) in [4.78, 5) is 17.1. The fraction of sp³-hybridized carbons (Fsp3) is 0.0909. The Bertz CT molecular complexity index is 1070. The molecule has 0 aliphatic carbocycles. The third-order valence-corrected chi connectivity index (χ3v) is 5.20. The van der Waals surface area contributed by atoms with Crippen LogP contribution >= 0.6 is 11.3 Å². The molecule has 0 aliphatic rings. The van der Waals surface area contributed by atoms with Gasteiger partial charge in [0.15, 0.2) is 0 Å². The van der Waals surface area contributed by atoms with Gasteiger partial charge < -0.3 is 9.88 Å². The maximum absolute atomic E-state index is 13.0. The Balaban J connectivity index is 1.43. The largest absolute Gasteiger partial charge is 0.350 e. The predicted molar refractivity (Wildman–Crippen MR) is 109 cm³/mol. The monoisotopic (exact) mass is 391 g/mol. The first-order chi connectivity index (χ1) is 13.7. The normalized spacial score (nSPS) is 10.8. The van der Waals surface area contributed by atoms with Crippen LogP contribution in [0, 0.1) is 5.82 Å². The molecule has 4 nitrogen and oxygen atoms in total. The van der Waals surface area contributed by atoms with E-state index in [1.54, 1.807) is 23.5 Å². The molecular weight excluding hydrogens is 373 g/mol. The first kappa shape index (κ1) is 18.1. The molecule has 0 fully saturated rings. The van der Waals surface area contributed by atoms with Crippen LogP contribution in [0.4, 0.5) is 4.39 Å². The van der Waals surface area contributed by atoms with Crippen molar-refractivity contribution < 1.29 is 9.18 Å². The lowest BCUT2D eigenvalue weighted by Gasteiger charge is -2.09. The van der Waals surface area contributed by atoms with Gasteiger partial charge >= 0.3 is 0 Å². The Morgan fingerprint density at radius 2 is 1.82 bits per heavy atom. The summed E-state index contributed by atoms with van der Waals surface area (Å²) >= 11 is 1.56. The molecule has 0 atom stereocenters. The van der Waals surface area contributed by atoms with Crippen LogP contribution in [0.2, 0.25) is 0 Å². The number of thiazole rings is 1. The number of benzene rings is 2. The van der Waals surface area contributed by atoms with E-state index >= 15 is 0 Å². The number of hydrogen-bond donors (Lipinski definition) is 1. The van der Waals surface area contributed by atoms with E-state index in [1.165, 1.54) is 12.1 Å². The number of amides is 1. The number of rotatable bonds is 6. The number of carbonyl (C=O) groups excluding carboxylic acids is 1. The van der Waals surface area contributed by atoms with E-state index in [0.717, 1.165) is 27.5 Å². The minimum Gasteiger partial charge on any atom is -0.350 e. The molecule has 28 heavy (non-hydrogen) atoms. The molecule has 2 heterocycles. The maximum atomic E-state index is 13.0. The number of aromatic nitrogens is 2. The zero-order chi connectivity index (χ0) is 19.3. The Morgan fingerprint density at radius 1 is 1.04 bits per heavy atom. The van der Waals surface area contributed by atoms with Crippen LogP contribution in [0.1, 0.15) is 5.56 Å². The van der Waals surface area contributed by atoms with Crippen molar-refractivity contribution in [2.24, 2.45) is 0 Å². The number of carbonyl (C=O) groups is 1. The number of nitrogens with zero attached hydrogens (tertiary/aromatic N) is 2. The average molecular weight is 391 g/mol. The van der Waals surface area contributed by atoms with Crippen molar-refractivity contribution in [2.75, 3.05) is 0 Å². The fourth-order valence-corrected chi connectivity index (χ4v) is 3.76. The summed E-state index contributed by atoms with van der Waals surface area (Å²) in [6, 6.07) is 20.0. The highest BCUT2D eigenvalue weighted by atomic mass is 32.1. The Kier molecular flexibility index (Phi) is 5.30. The van der Waals surface area contributed by atoms with Crippen LogP contribution in [0.3, 0.4) is 0 Å². The summed E-state index contributed by atoms with van der Waals surface area (Å²) in [5.41, 5.74) is 3.76. The summed E-state index contributed by atoms with van der Waals surface area (Å²) in [6.07, 6.45) is 1.87. The molecule has 6 heteroatoms. The molecule has 2 aromatic carbocycles. The van der Waals surface area contributed by atoms with Crippen molar-refractivity contribution in [1.29, 1.82) is 0 Å². The molecule has 140 valence electrons. The van der Waals surface area contributed by atoms with Gasteiger partial charge in [-0.15, -0.1) is 11.3 Å². The summed E-state index contributed by atoms with van der Waals surface area (Å²) in [7, 11) is 0. The van der Waals surface area contributed by atoms with Gasteiger partial charge in [0.1, 0.15) is 17.4 Å². The van der Waals surface area contributed by atoms with E-state index in [0.29, 0.717) is 6.54 Å². The maximum Gasteiger partial charge on any atom is 0.240 e. The van der Waals surface area contributed by atoms with Crippen LogP contribution in [0.15, 0.2) is 78.3 Å². The SMILES string of the molecule is O=C(Cn1cccc1-c1nc(-c2ccccc2)cs1)NCc1ccc(F)cc1. The molecule has 1 N–H and O–H groups in total. The molecule has 0 bridgehead atoms. The molecule has 0 radical (unpaired) electrons. The molecule has 0 saturated heterocycles. The second kappa shape index (κ2) is 8.19. The first-order valence-electron chi connectivity index (χ1n) is 8.86. The lowest BCUT2D eigenvalue weighted by molar-refractivity contribution is -0.121. The van der Waals surface area contributed by atoms with E-state index in [1.807, 2.05) is 58.6 Å². The molecule has 4 aromatic rings. The minimum absolute atomic E-state index is 0.110. The summed E-state index contributed by atoms with van der Waals surface area (Å²) in [5, 5.41) is 5.76. The summed E-state index contributed by atoms with van der Waals surface area (Å²) < 4.78 is 14.8. The molecule has 0 aliphatic heterocycles. The van der Waals surface area contributed by atoms with E-state index in [4.69, 9.17) is 4.98 Å². The highest BCUT2D eigenvalue weighted by Gasteiger charge is 2.12. The average Bonchev–Trinajstić information content (AvgIpc) is 3.37. The van der Waals surface area contributed by atoms with Crippen LogP contribution in [-0.4, -0.2) is 15.5 Å². The first-order valence-corrected chi connectivity index (χ1v) is 9.74. The van der Waals surface area contributed by atoms with Crippen molar-refractivity contribution in [3.05, 3.63) is 89.7 Å². The van der Waals surface area contributed by atoms with E-state index < -0.39 is 0 Å². The third kappa shape index (κ3) is 4.18. The Morgan fingerprint density at radius 3 is 2.61 bits per heavy atom. The van der Waals surface area contributed by atoms with E-state index in [-0.39, 0.29) is 18.3 Å². The van der Waals surface area contributed by atoms with Gasteiger partial charge in [-0.05, 0) is 29.8 Å². The van der Waals surface area contributed by atoms with Gasteiger partial charge in [0.25, 0.3) is 0 Å². The van der Waals surface area contributed by atoms with Crippen molar-refractivity contribution in [3.8, 4) is 22.0 Å². The van der Waals surface area contributed by atoms with Crippen molar-refractivity contribution in [1.82, 2.24) is 14.9 Å². The van der Waals surface area contributed by atoms with Gasteiger partial charge in [0.2, 0.25) is 5.91 Å². The van der Waals surface area contributed by atoms with Crippen LogP contribution in [-0.2, 0) is 17.9 Å². The van der Waals surface area contributed by atoms with E-state index in [9.17, 15) is 9.18 Å². The second-order valence-electron chi connectivity index (χ2n) is 6.33. The van der Waals surface area contributed by atoms with Crippen molar-refractivity contribution in [2.45, 2.75) is 13.1 Å². The Labute approximate surface area is 166 Å². The number of halogens is 1. The molecule has 0 unspecified atom stereocenters. The van der Waals surface area contributed by atoms with Gasteiger partial charge in [-0.25, -0.2) is 9.37 Å². The molecule has 0 spiro atoms. The van der Waals surface area contributed by atoms with Crippen LogP contribution < -0.4 is 5.32 Å². The lowest BCUT2D eigenvalue weighted by Crippen LogP contribution is -2.27. The van der Waals surface area contributed by atoms with Crippen LogP contribution in [0.25, 0.3) is 22.0 Å². The molecule has 0 saturated carbocycles. The van der Waals surface area contributed by atoms with Crippen molar-refractivity contribution >= 4 is 17.2 Å². The standard InChI is InChI=1S/C22H18FN3OS/c23-18-10-8-16(9-11-18)13-24-21(27)14-26-12-4-7-20(26)22-25-19(15-28-22)17-5-2-1-3-6-17/h1-12,15H,13-14H2,(H,24,27). The van der Waals surface area contributed by atoms with Gasteiger partial charge in [-0.3, -0.25) is 4.79 Å². The molecule has 4 rings (SSSR count). The zero-order valence-electron chi connectivity index (χ0n) is 15.0. The van der Waals surface area contributed by atoms with Gasteiger partial charge in [0, 0.05) is 23.7 Å². The molecule has 1 amide bonds. The predicted octanol–water partition coefficient (Wildman–Crippen LogP) is 4.73.